The molecule has 1 rings (SSSR count). The molecule has 0 aliphatic carbocycles. The summed E-state index contributed by atoms with van der Waals surface area (Å²) in [7, 11) is 0. The number of hydrogen-bond donors (Lipinski definition) is 2. The maximum Gasteiger partial charge on any atom is 0.335 e. The van der Waals surface area contributed by atoms with Gasteiger partial charge in [-0.15, -0.1) is 0 Å². The van der Waals surface area contributed by atoms with Gasteiger partial charge < -0.3 is 10.2 Å². The lowest BCUT2D eigenvalue weighted by atomic mass is 10.1. The summed E-state index contributed by atoms with van der Waals surface area (Å²) in [6.07, 6.45) is 2.10. The molecule has 1 aromatic carbocycles. The summed E-state index contributed by atoms with van der Waals surface area (Å²) in [6.45, 7) is 4.61. The fourth-order valence-corrected chi connectivity index (χ4v) is 1.75. The molecule has 100 valence electrons. The van der Waals surface area contributed by atoms with Crippen LogP contribution in [-0.2, 0) is 0 Å². The quantitative estimate of drug-likeness (QED) is 0.443. The Bertz CT molecular complexity index is 410. The number of benzene rings is 1. The van der Waals surface area contributed by atoms with E-state index in [0.717, 1.165) is 12.8 Å². The van der Waals surface area contributed by atoms with Crippen molar-refractivity contribution in [3.63, 3.8) is 0 Å². The predicted molar refractivity (Wildman–Crippen MR) is 70.5 cm³/mol. The molecule has 0 radical (unpaired) electrons. The fraction of sp³-hybridized carbons (Fsp3) is 0.500. The molecule has 1 unspecified atom stereocenters. The third kappa shape index (κ3) is 3.59. The number of para-hydroxylation sites is 1. The zero-order valence-corrected chi connectivity index (χ0v) is 10.7. The second-order valence-corrected chi connectivity index (χ2v) is 4.26. The first kappa shape index (κ1) is 14.2. The van der Waals surface area contributed by atoms with Crippen LogP contribution in [0.3, 0.4) is 0 Å². The van der Waals surface area contributed by atoms with E-state index >= 15 is 0 Å². The highest BCUT2D eigenvalue weighted by molar-refractivity contribution is 5.67. The van der Waals surface area contributed by atoms with Crippen molar-refractivity contribution in [3.05, 3.63) is 28.3 Å². The maximum absolute atomic E-state index is 11.0. The number of nitrogens with one attached hydrogen (secondary N) is 1. The number of anilines is 1. The number of nitrogens with two attached hydrogens (primary N) is 1. The van der Waals surface area contributed by atoms with Crippen molar-refractivity contribution in [1.29, 1.82) is 0 Å². The molecule has 3 N–H and O–H groups in total. The summed E-state index contributed by atoms with van der Waals surface area (Å²) in [4.78, 5) is 10.5. The first-order chi connectivity index (χ1) is 8.60. The summed E-state index contributed by atoms with van der Waals surface area (Å²) in [5, 5.41) is 11.0. The van der Waals surface area contributed by atoms with E-state index in [4.69, 9.17) is 10.6 Å². The van der Waals surface area contributed by atoms with Gasteiger partial charge in [0.2, 0.25) is 0 Å². The molecule has 0 saturated heterocycles. The molecule has 0 heterocycles. The number of nitro groups is 1. The summed E-state index contributed by atoms with van der Waals surface area (Å²) >= 11 is 0. The van der Waals surface area contributed by atoms with Crippen LogP contribution in [0.4, 0.5) is 11.4 Å². The van der Waals surface area contributed by atoms with E-state index in [2.05, 4.69) is 19.3 Å². The van der Waals surface area contributed by atoms with Crippen molar-refractivity contribution in [2.75, 3.05) is 12.0 Å². The smallest absolute Gasteiger partial charge is 0.335 e. The molecular formula is C12H19N3O3. The van der Waals surface area contributed by atoms with Crippen LogP contribution in [0.1, 0.15) is 26.7 Å². The molecule has 0 saturated carbocycles. The van der Waals surface area contributed by atoms with Crippen molar-refractivity contribution in [1.82, 2.24) is 0 Å². The molecule has 0 spiro atoms. The Labute approximate surface area is 106 Å². The average Bonchev–Trinajstić information content (AvgIpc) is 2.35. The lowest BCUT2D eigenvalue weighted by Gasteiger charge is -2.13. The van der Waals surface area contributed by atoms with Crippen LogP contribution in [0.2, 0.25) is 0 Å². The van der Waals surface area contributed by atoms with Gasteiger partial charge in [-0.2, -0.15) is 0 Å². The van der Waals surface area contributed by atoms with Gasteiger partial charge in [0.1, 0.15) is 5.69 Å². The van der Waals surface area contributed by atoms with E-state index in [0.29, 0.717) is 12.5 Å². The topological polar surface area (TPSA) is 90.4 Å². The number of ether oxygens (including phenoxy) is 1. The summed E-state index contributed by atoms with van der Waals surface area (Å²) in [6, 6.07) is 4.79. The Kier molecular flexibility index (Phi) is 5.38. The molecule has 0 amide bonds. The highest BCUT2D eigenvalue weighted by Gasteiger charge is 2.20. The van der Waals surface area contributed by atoms with Crippen molar-refractivity contribution in [2.24, 2.45) is 11.8 Å². The lowest BCUT2D eigenvalue weighted by molar-refractivity contribution is -0.385. The van der Waals surface area contributed by atoms with Crippen LogP contribution < -0.4 is 16.0 Å². The first-order valence-corrected chi connectivity index (χ1v) is 5.97. The number of hydrogen-bond acceptors (Lipinski definition) is 5. The monoisotopic (exact) mass is 253 g/mol. The van der Waals surface area contributed by atoms with E-state index in [1.807, 2.05) is 0 Å². The first-order valence-electron chi connectivity index (χ1n) is 5.97. The Hall–Kier alpha value is -1.82. The molecule has 18 heavy (non-hydrogen) atoms. The van der Waals surface area contributed by atoms with E-state index in [1.54, 1.807) is 18.2 Å². The van der Waals surface area contributed by atoms with Gasteiger partial charge in [-0.1, -0.05) is 26.3 Å². The van der Waals surface area contributed by atoms with Crippen LogP contribution in [-0.4, -0.2) is 11.5 Å². The molecule has 0 aromatic heterocycles. The van der Waals surface area contributed by atoms with Crippen molar-refractivity contribution in [2.45, 2.75) is 26.7 Å². The average molecular weight is 253 g/mol. The normalized spacial score (nSPS) is 11.9. The zero-order chi connectivity index (χ0) is 13.5. The minimum atomic E-state index is -0.491. The van der Waals surface area contributed by atoms with E-state index in [9.17, 15) is 10.1 Å². The van der Waals surface area contributed by atoms with Crippen LogP contribution in [0, 0.1) is 16.0 Å². The standard InChI is InChI=1S/C12H19N3O3/c1-3-5-9(2)8-18-11-7-4-6-10(14-13)12(11)15(16)17/h4,6-7,9,14H,3,5,8,13H2,1-2H3. The van der Waals surface area contributed by atoms with E-state index in [-0.39, 0.29) is 17.1 Å². The molecule has 1 atom stereocenters. The number of hydrazine groups is 1. The van der Waals surface area contributed by atoms with Gasteiger partial charge in [0.15, 0.2) is 5.75 Å². The summed E-state index contributed by atoms with van der Waals surface area (Å²) < 4.78 is 5.52. The van der Waals surface area contributed by atoms with Crippen LogP contribution >= 0.6 is 0 Å². The number of rotatable bonds is 7. The van der Waals surface area contributed by atoms with Gasteiger partial charge in [-0.25, -0.2) is 0 Å². The zero-order valence-electron chi connectivity index (χ0n) is 10.7. The Balaban J connectivity index is 2.85. The van der Waals surface area contributed by atoms with Crippen molar-refractivity contribution >= 4 is 11.4 Å². The Morgan fingerprint density at radius 3 is 2.83 bits per heavy atom. The largest absolute Gasteiger partial charge is 0.486 e. The highest BCUT2D eigenvalue weighted by Crippen LogP contribution is 2.34. The maximum atomic E-state index is 11.0. The Morgan fingerprint density at radius 1 is 1.56 bits per heavy atom. The van der Waals surface area contributed by atoms with Gasteiger partial charge in [0.25, 0.3) is 0 Å². The predicted octanol–water partition coefficient (Wildman–Crippen LogP) is 2.70. The molecule has 6 heteroatoms. The number of nitrogens with zero attached hydrogens (tertiary/aromatic N) is 1. The molecule has 0 aliphatic rings. The summed E-state index contributed by atoms with van der Waals surface area (Å²) in [5.74, 6) is 5.86. The SMILES string of the molecule is CCCC(C)COc1cccc(NN)c1[N+](=O)[O-]. The van der Waals surface area contributed by atoms with E-state index in [1.165, 1.54) is 0 Å². The molecule has 0 bridgehead atoms. The van der Waals surface area contributed by atoms with Gasteiger partial charge in [-0.05, 0) is 24.5 Å². The third-order valence-electron chi connectivity index (χ3n) is 2.64. The second-order valence-electron chi connectivity index (χ2n) is 4.26. The van der Waals surface area contributed by atoms with Gasteiger partial charge in [0.05, 0.1) is 11.5 Å². The van der Waals surface area contributed by atoms with Gasteiger partial charge >= 0.3 is 5.69 Å². The third-order valence-corrected chi connectivity index (χ3v) is 2.64. The highest BCUT2D eigenvalue weighted by atomic mass is 16.6. The van der Waals surface area contributed by atoms with Crippen LogP contribution in [0.25, 0.3) is 0 Å². The van der Waals surface area contributed by atoms with Gasteiger partial charge in [0, 0.05) is 0 Å². The number of nitro benzene ring substituents is 1. The molecule has 0 fully saturated rings. The van der Waals surface area contributed by atoms with Gasteiger partial charge in [-0.3, -0.25) is 16.0 Å². The minimum Gasteiger partial charge on any atom is -0.486 e. The summed E-state index contributed by atoms with van der Waals surface area (Å²) in [5.41, 5.74) is 2.44. The molecular weight excluding hydrogens is 234 g/mol. The van der Waals surface area contributed by atoms with Crippen LogP contribution in [0.15, 0.2) is 18.2 Å². The fourth-order valence-electron chi connectivity index (χ4n) is 1.75. The second kappa shape index (κ2) is 6.80. The molecule has 1 aromatic rings. The van der Waals surface area contributed by atoms with Crippen molar-refractivity contribution in [3.8, 4) is 5.75 Å². The van der Waals surface area contributed by atoms with E-state index < -0.39 is 4.92 Å². The van der Waals surface area contributed by atoms with Crippen LogP contribution in [0.5, 0.6) is 5.75 Å². The minimum absolute atomic E-state index is 0.122. The molecule has 0 aliphatic heterocycles. The number of nitrogen functional groups attached to an aromatic ring is 1. The van der Waals surface area contributed by atoms with Crippen molar-refractivity contribution < 1.29 is 9.66 Å². The Morgan fingerprint density at radius 2 is 2.28 bits per heavy atom. The lowest BCUT2D eigenvalue weighted by Crippen LogP contribution is -2.12. The molecule has 6 nitrogen and oxygen atoms in total.